The second kappa shape index (κ2) is 9.52. The van der Waals surface area contributed by atoms with Gasteiger partial charge in [0.25, 0.3) is 5.91 Å². The summed E-state index contributed by atoms with van der Waals surface area (Å²) in [6.07, 6.45) is 1.31. The lowest BCUT2D eigenvalue weighted by Gasteiger charge is -2.34. The zero-order chi connectivity index (χ0) is 23.5. The zero-order valence-electron chi connectivity index (χ0n) is 19.2. The summed E-state index contributed by atoms with van der Waals surface area (Å²) in [7, 11) is 2.98. The van der Waals surface area contributed by atoms with E-state index in [2.05, 4.69) is 15.7 Å². The minimum atomic E-state index is -0.531. The monoisotopic (exact) mass is 442 g/mol. The van der Waals surface area contributed by atoms with Gasteiger partial charge >= 0.3 is 5.97 Å². The van der Waals surface area contributed by atoms with Crippen LogP contribution in [0.1, 0.15) is 58.8 Å². The van der Waals surface area contributed by atoms with Crippen LogP contribution >= 0.6 is 0 Å². The number of carbonyl (C=O) groups excluding carboxylic acids is 3. The van der Waals surface area contributed by atoms with E-state index in [4.69, 9.17) is 9.47 Å². The van der Waals surface area contributed by atoms with E-state index in [0.29, 0.717) is 36.4 Å². The van der Waals surface area contributed by atoms with Crippen LogP contribution in [0.4, 0.5) is 5.69 Å². The van der Waals surface area contributed by atoms with Crippen LogP contribution in [0, 0.1) is 12.8 Å². The SMILES string of the molecule is COC(=O)c1cc(CNC(=O)[C@@H]2CCOC(C)(C)C2)cc(NC(=O)c2cc(C)nn2C)c1. The average Bonchev–Trinajstić information content (AvgIpc) is 3.08. The maximum atomic E-state index is 12.7. The van der Waals surface area contributed by atoms with Crippen molar-refractivity contribution in [2.45, 2.75) is 45.8 Å². The smallest absolute Gasteiger partial charge is 0.337 e. The summed E-state index contributed by atoms with van der Waals surface area (Å²) in [4.78, 5) is 37.5. The molecule has 9 nitrogen and oxygen atoms in total. The third-order valence-corrected chi connectivity index (χ3v) is 5.44. The number of nitrogens with zero attached hydrogens (tertiary/aromatic N) is 2. The summed E-state index contributed by atoms with van der Waals surface area (Å²) in [5.74, 6) is -1.07. The van der Waals surface area contributed by atoms with Crippen molar-refractivity contribution in [2.24, 2.45) is 13.0 Å². The van der Waals surface area contributed by atoms with Gasteiger partial charge in [-0.15, -0.1) is 0 Å². The van der Waals surface area contributed by atoms with Gasteiger partial charge in [0.1, 0.15) is 5.69 Å². The fourth-order valence-corrected chi connectivity index (χ4v) is 3.91. The lowest BCUT2D eigenvalue weighted by atomic mass is 9.88. The first kappa shape index (κ1) is 23.5. The van der Waals surface area contributed by atoms with Gasteiger partial charge in [-0.2, -0.15) is 5.10 Å². The van der Waals surface area contributed by atoms with Crippen molar-refractivity contribution in [1.29, 1.82) is 0 Å². The normalized spacial score (nSPS) is 17.5. The quantitative estimate of drug-likeness (QED) is 0.665. The molecule has 2 N–H and O–H groups in total. The first-order valence-corrected chi connectivity index (χ1v) is 10.5. The molecule has 2 aromatic rings. The van der Waals surface area contributed by atoms with Gasteiger partial charge in [-0.3, -0.25) is 14.3 Å². The first-order valence-electron chi connectivity index (χ1n) is 10.5. The Bertz CT molecular complexity index is 1030. The van der Waals surface area contributed by atoms with Gasteiger partial charge in [0.05, 0.1) is 24.0 Å². The Morgan fingerprint density at radius 3 is 2.62 bits per heavy atom. The lowest BCUT2D eigenvalue weighted by molar-refractivity contribution is -0.135. The molecule has 2 amide bonds. The van der Waals surface area contributed by atoms with E-state index >= 15 is 0 Å². The second-order valence-corrected chi connectivity index (χ2v) is 8.67. The van der Waals surface area contributed by atoms with Crippen LogP contribution in [-0.4, -0.2) is 46.9 Å². The van der Waals surface area contributed by atoms with Crippen LogP contribution in [0.15, 0.2) is 24.3 Å². The fourth-order valence-electron chi connectivity index (χ4n) is 3.91. The van der Waals surface area contributed by atoms with E-state index in [1.54, 1.807) is 38.2 Å². The highest BCUT2D eigenvalue weighted by Crippen LogP contribution is 2.28. The van der Waals surface area contributed by atoms with Crippen LogP contribution in [0.25, 0.3) is 0 Å². The van der Waals surface area contributed by atoms with Crippen LogP contribution < -0.4 is 10.6 Å². The number of aryl methyl sites for hydroxylation is 2. The summed E-state index contributed by atoms with van der Waals surface area (Å²) >= 11 is 0. The molecule has 1 aromatic heterocycles. The molecule has 0 aliphatic carbocycles. The summed E-state index contributed by atoms with van der Waals surface area (Å²) in [6.45, 7) is 6.52. The molecule has 1 aliphatic rings. The molecule has 0 unspecified atom stereocenters. The lowest BCUT2D eigenvalue weighted by Crippen LogP contribution is -2.41. The van der Waals surface area contributed by atoms with Crippen LogP contribution in [0.5, 0.6) is 0 Å². The number of nitrogens with one attached hydrogen (secondary N) is 2. The van der Waals surface area contributed by atoms with Crippen LogP contribution in [0.3, 0.4) is 0 Å². The van der Waals surface area contributed by atoms with E-state index in [1.807, 2.05) is 13.8 Å². The molecule has 32 heavy (non-hydrogen) atoms. The Balaban J connectivity index is 1.75. The summed E-state index contributed by atoms with van der Waals surface area (Å²) in [5.41, 5.74) is 2.16. The molecule has 1 fully saturated rings. The number of rotatable bonds is 6. The maximum Gasteiger partial charge on any atom is 0.337 e. The van der Waals surface area contributed by atoms with Crippen molar-refractivity contribution in [2.75, 3.05) is 19.0 Å². The van der Waals surface area contributed by atoms with Crippen molar-refractivity contribution in [1.82, 2.24) is 15.1 Å². The number of hydrogen-bond donors (Lipinski definition) is 2. The predicted octanol–water partition coefficient (Wildman–Crippen LogP) is 2.59. The largest absolute Gasteiger partial charge is 0.465 e. The number of amides is 2. The number of methoxy groups -OCH3 is 1. The van der Waals surface area contributed by atoms with Gasteiger partial charge in [0.2, 0.25) is 5.91 Å². The van der Waals surface area contributed by atoms with Crippen molar-refractivity contribution < 1.29 is 23.9 Å². The highest BCUT2D eigenvalue weighted by molar-refractivity contribution is 6.04. The number of hydrogen-bond acceptors (Lipinski definition) is 6. The van der Waals surface area contributed by atoms with E-state index in [0.717, 1.165) is 5.69 Å². The molecule has 1 aliphatic heterocycles. The van der Waals surface area contributed by atoms with Crippen molar-refractivity contribution in [3.63, 3.8) is 0 Å². The van der Waals surface area contributed by atoms with Crippen molar-refractivity contribution in [3.8, 4) is 0 Å². The molecule has 1 saturated heterocycles. The van der Waals surface area contributed by atoms with Crippen LogP contribution in [-0.2, 0) is 27.9 Å². The molecule has 0 radical (unpaired) electrons. The third-order valence-electron chi connectivity index (χ3n) is 5.44. The standard InChI is InChI=1S/C23H30N4O5/c1-14-8-19(27(4)26-14)21(29)25-18-10-15(9-17(11-18)22(30)31-5)13-24-20(28)16-6-7-32-23(2,3)12-16/h8-11,16H,6-7,12-13H2,1-5H3,(H,24,28)(H,25,29)/t16-/m1/s1. The Hall–Kier alpha value is -3.20. The minimum absolute atomic E-state index is 0.0548. The molecule has 0 bridgehead atoms. The fraction of sp³-hybridized carbons (Fsp3) is 0.478. The van der Waals surface area contributed by atoms with Gasteiger partial charge in [-0.1, -0.05) is 0 Å². The van der Waals surface area contributed by atoms with E-state index in [9.17, 15) is 14.4 Å². The number of benzene rings is 1. The van der Waals surface area contributed by atoms with Gasteiger partial charge in [-0.05, 0) is 63.4 Å². The number of aromatic nitrogens is 2. The Labute approximate surface area is 187 Å². The molecule has 1 atom stereocenters. The number of anilines is 1. The Kier molecular flexibility index (Phi) is 6.98. The van der Waals surface area contributed by atoms with Gasteiger partial charge in [-0.25, -0.2) is 4.79 Å². The summed E-state index contributed by atoms with van der Waals surface area (Å²) < 4.78 is 12.0. The van der Waals surface area contributed by atoms with Crippen molar-refractivity contribution >= 4 is 23.5 Å². The third kappa shape index (κ3) is 5.73. The summed E-state index contributed by atoms with van der Waals surface area (Å²) in [5, 5.41) is 9.92. The first-order chi connectivity index (χ1) is 15.1. The Morgan fingerprint density at radius 1 is 1.25 bits per heavy atom. The number of esters is 1. The average molecular weight is 443 g/mol. The van der Waals surface area contributed by atoms with E-state index < -0.39 is 5.97 Å². The highest BCUT2D eigenvalue weighted by Gasteiger charge is 2.32. The Morgan fingerprint density at radius 2 is 2.00 bits per heavy atom. The molecule has 2 heterocycles. The molecular formula is C23H30N4O5. The zero-order valence-corrected chi connectivity index (χ0v) is 19.2. The van der Waals surface area contributed by atoms with Crippen LogP contribution in [0.2, 0.25) is 0 Å². The number of carbonyl (C=O) groups is 3. The van der Waals surface area contributed by atoms with E-state index in [-0.39, 0.29) is 35.4 Å². The highest BCUT2D eigenvalue weighted by atomic mass is 16.5. The molecule has 1 aromatic carbocycles. The molecule has 0 saturated carbocycles. The second-order valence-electron chi connectivity index (χ2n) is 8.67. The molecular weight excluding hydrogens is 412 g/mol. The molecule has 3 rings (SSSR count). The molecule has 0 spiro atoms. The topological polar surface area (TPSA) is 112 Å². The summed E-state index contributed by atoms with van der Waals surface area (Å²) in [6, 6.07) is 6.58. The molecule has 9 heteroatoms. The minimum Gasteiger partial charge on any atom is -0.465 e. The maximum absolute atomic E-state index is 12.7. The van der Waals surface area contributed by atoms with Gasteiger partial charge < -0.3 is 20.1 Å². The van der Waals surface area contributed by atoms with Gasteiger partial charge in [0, 0.05) is 31.8 Å². The molecule has 172 valence electrons. The van der Waals surface area contributed by atoms with Crippen molar-refractivity contribution in [3.05, 3.63) is 46.8 Å². The van der Waals surface area contributed by atoms with E-state index in [1.165, 1.54) is 11.8 Å². The number of ether oxygens (including phenoxy) is 2. The van der Waals surface area contributed by atoms with Gasteiger partial charge in [0.15, 0.2) is 0 Å². The predicted molar refractivity (Wildman–Crippen MR) is 118 cm³/mol.